The van der Waals surface area contributed by atoms with Crippen LogP contribution in [0.1, 0.15) is 24.6 Å². The van der Waals surface area contributed by atoms with Crippen molar-refractivity contribution in [3.8, 4) is 0 Å². The van der Waals surface area contributed by atoms with Crippen molar-refractivity contribution in [2.75, 3.05) is 6.54 Å². The molecule has 1 atom stereocenters. The van der Waals surface area contributed by atoms with Crippen LogP contribution in [0.15, 0.2) is 23.3 Å². The SMILES string of the molecule is CCC1CN=C(c2ccnc(C)c2)S1. The number of aryl methyl sites for hydroxylation is 1. The van der Waals surface area contributed by atoms with Crippen molar-refractivity contribution >= 4 is 16.8 Å². The van der Waals surface area contributed by atoms with Gasteiger partial charge in [0, 0.05) is 22.7 Å². The van der Waals surface area contributed by atoms with E-state index in [2.05, 4.69) is 23.0 Å². The number of aromatic nitrogens is 1. The number of thioether (sulfide) groups is 1. The quantitative estimate of drug-likeness (QED) is 0.743. The second kappa shape index (κ2) is 4.13. The van der Waals surface area contributed by atoms with Gasteiger partial charge in [-0.15, -0.1) is 11.8 Å². The van der Waals surface area contributed by atoms with Crippen LogP contribution in [0.25, 0.3) is 0 Å². The molecule has 0 aromatic carbocycles. The van der Waals surface area contributed by atoms with Crippen molar-refractivity contribution in [1.82, 2.24) is 4.98 Å². The van der Waals surface area contributed by atoms with E-state index in [-0.39, 0.29) is 0 Å². The zero-order chi connectivity index (χ0) is 9.97. The standard InChI is InChI=1S/C11H14N2S/c1-3-10-7-13-11(14-10)9-4-5-12-8(2)6-9/h4-6,10H,3,7H2,1-2H3. The predicted molar refractivity (Wildman–Crippen MR) is 62.0 cm³/mol. The number of pyridine rings is 1. The Morgan fingerprint density at radius 1 is 1.57 bits per heavy atom. The minimum Gasteiger partial charge on any atom is -0.277 e. The molecule has 0 saturated carbocycles. The summed E-state index contributed by atoms with van der Waals surface area (Å²) >= 11 is 1.89. The molecular weight excluding hydrogens is 192 g/mol. The molecule has 1 unspecified atom stereocenters. The van der Waals surface area contributed by atoms with Gasteiger partial charge in [-0.3, -0.25) is 9.98 Å². The number of rotatable bonds is 2. The second-order valence-corrected chi connectivity index (χ2v) is 4.77. The lowest BCUT2D eigenvalue weighted by Crippen LogP contribution is -2.00. The van der Waals surface area contributed by atoms with Crippen LogP contribution in [0, 0.1) is 6.92 Å². The first-order valence-corrected chi connectivity index (χ1v) is 5.81. The molecule has 0 aliphatic carbocycles. The predicted octanol–water partition coefficient (Wildman–Crippen LogP) is 2.66. The molecule has 1 aromatic heterocycles. The molecular formula is C11H14N2S. The maximum absolute atomic E-state index is 4.55. The summed E-state index contributed by atoms with van der Waals surface area (Å²) in [5, 5.41) is 1.86. The van der Waals surface area contributed by atoms with Crippen molar-refractivity contribution < 1.29 is 0 Å². The first-order valence-electron chi connectivity index (χ1n) is 4.93. The van der Waals surface area contributed by atoms with E-state index >= 15 is 0 Å². The number of hydrogen-bond donors (Lipinski definition) is 0. The molecule has 2 heterocycles. The summed E-state index contributed by atoms with van der Waals surface area (Å²) in [6.45, 7) is 5.20. The molecule has 0 bridgehead atoms. The Bertz CT molecular complexity index is 360. The second-order valence-electron chi connectivity index (χ2n) is 3.48. The molecule has 0 radical (unpaired) electrons. The highest BCUT2D eigenvalue weighted by atomic mass is 32.2. The molecule has 14 heavy (non-hydrogen) atoms. The average molecular weight is 206 g/mol. The molecule has 3 heteroatoms. The van der Waals surface area contributed by atoms with Gasteiger partial charge in [0.25, 0.3) is 0 Å². The molecule has 0 amide bonds. The molecule has 0 N–H and O–H groups in total. The smallest absolute Gasteiger partial charge is 0.0981 e. The van der Waals surface area contributed by atoms with Crippen LogP contribution in [0.5, 0.6) is 0 Å². The first-order chi connectivity index (χ1) is 6.79. The van der Waals surface area contributed by atoms with Gasteiger partial charge in [0.2, 0.25) is 0 Å². The zero-order valence-corrected chi connectivity index (χ0v) is 9.34. The highest BCUT2D eigenvalue weighted by Gasteiger charge is 2.18. The molecule has 0 saturated heterocycles. The molecule has 1 aliphatic heterocycles. The zero-order valence-electron chi connectivity index (χ0n) is 8.53. The van der Waals surface area contributed by atoms with Gasteiger partial charge >= 0.3 is 0 Å². The molecule has 0 spiro atoms. The van der Waals surface area contributed by atoms with E-state index in [1.165, 1.54) is 17.0 Å². The Hall–Kier alpha value is -0.830. The van der Waals surface area contributed by atoms with Crippen molar-refractivity contribution in [2.45, 2.75) is 25.5 Å². The lowest BCUT2D eigenvalue weighted by Gasteiger charge is -2.04. The van der Waals surface area contributed by atoms with Gasteiger partial charge in [-0.2, -0.15) is 0 Å². The maximum atomic E-state index is 4.55. The van der Waals surface area contributed by atoms with E-state index < -0.39 is 0 Å². The van der Waals surface area contributed by atoms with E-state index in [9.17, 15) is 0 Å². The first kappa shape index (κ1) is 9.71. The highest BCUT2D eigenvalue weighted by molar-refractivity contribution is 8.15. The van der Waals surface area contributed by atoms with Crippen molar-refractivity contribution in [3.63, 3.8) is 0 Å². The van der Waals surface area contributed by atoms with Crippen molar-refractivity contribution in [1.29, 1.82) is 0 Å². The number of nitrogens with zero attached hydrogens (tertiary/aromatic N) is 2. The van der Waals surface area contributed by atoms with E-state index in [0.29, 0.717) is 5.25 Å². The van der Waals surface area contributed by atoms with Gasteiger partial charge in [-0.25, -0.2) is 0 Å². The molecule has 74 valence electrons. The van der Waals surface area contributed by atoms with Crippen LogP contribution >= 0.6 is 11.8 Å². The fourth-order valence-corrected chi connectivity index (χ4v) is 2.51. The molecule has 0 fully saturated rings. The third-order valence-electron chi connectivity index (χ3n) is 2.32. The average Bonchev–Trinajstić information content (AvgIpc) is 2.66. The Morgan fingerprint density at radius 2 is 2.43 bits per heavy atom. The summed E-state index contributed by atoms with van der Waals surface area (Å²) < 4.78 is 0. The summed E-state index contributed by atoms with van der Waals surface area (Å²) in [4.78, 5) is 8.74. The number of hydrogen-bond acceptors (Lipinski definition) is 3. The largest absolute Gasteiger partial charge is 0.277 e. The monoisotopic (exact) mass is 206 g/mol. The highest BCUT2D eigenvalue weighted by Crippen LogP contribution is 2.27. The normalized spacial score (nSPS) is 21.0. The van der Waals surface area contributed by atoms with E-state index in [0.717, 1.165) is 12.2 Å². The third kappa shape index (κ3) is 1.98. The topological polar surface area (TPSA) is 25.2 Å². The van der Waals surface area contributed by atoms with Crippen LogP contribution in [-0.4, -0.2) is 21.8 Å². The molecule has 2 nitrogen and oxygen atoms in total. The lowest BCUT2D eigenvalue weighted by atomic mass is 10.2. The Kier molecular flexibility index (Phi) is 2.87. The van der Waals surface area contributed by atoms with Crippen LogP contribution in [0.4, 0.5) is 0 Å². The van der Waals surface area contributed by atoms with Gasteiger partial charge < -0.3 is 0 Å². The Balaban J connectivity index is 2.17. The van der Waals surface area contributed by atoms with Gasteiger partial charge in [-0.1, -0.05) is 6.92 Å². The van der Waals surface area contributed by atoms with Gasteiger partial charge in [0.1, 0.15) is 0 Å². The van der Waals surface area contributed by atoms with E-state index in [4.69, 9.17) is 0 Å². The molecule has 2 rings (SSSR count). The summed E-state index contributed by atoms with van der Waals surface area (Å²) in [6, 6.07) is 4.14. The summed E-state index contributed by atoms with van der Waals surface area (Å²) in [5.74, 6) is 0. The summed E-state index contributed by atoms with van der Waals surface area (Å²) in [5.41, 5.74) is 2.28. The van der Waals surface area contributed by atoms with Crippen LogP contribution in [0.3, 0.4) is 0 Å². The van der Waals surface area contributed by atoms with Crippen LogP contribution in [0.2, 0.25) is 0 Å². The third-order valence-corrected chi connectivity index (χ3v) is 3.72. The van der Waals surface area contributed by atoms with Crippen molar-refractivity contribution in [2.24, 2.45) is 4.99 Å². The fourth-order valence-electron chi connectivity index (χ4n) is 1.47. The van der Waals surface area contributed by atoms with E-state index in [1.807, 2.05) is 30.9 Å². The summed E-state index contributed by atoms with van der Waals surface area (Å²) in [7, 11) is 0. The number of aliphatic imine (C=N–C) groups is 1. The molecule has 1 aromatic rings. The summed E-state index contributed by atoms with van der Waals surface area (Å²) in [6.07, 6.45) is 3.05. The van der Waals surface area contributed by atoms with Gasteiger partial charge in [-0.05, 0) is 25.5 Å². The van der Waals surface area contributed by atoms with Crippen LogP contribution in [-0.2, 0) is 0 Å². The molecule has 1 aliphatic rings. The maximum Gasteiger partial charge on any atom is 0.0981 e. The van der Waals surface area contributed by atoms with E-state index in [1.54, 1.807) is 0 Å². The minimum absolute atomic E-state index is 0.679. The van der Waals surface area contributed by atoms with Crippen LogP contribution < -0.4 is 0 Å². The van der Waals surface area contributed by atoms with Gasteiger partial charge in [0.15, 0.2) is 0 Å². The van der Waals surface area contributed by atoms with Crippen molar-refractivity contribution in [3.05, 3.63) is 29.6 Å². The fraction of sp³-hybridized carbons (Fsp3) is 0.455. The van der Waals surface area contributed by atoms with Gasteiger partial charge in [0.05, 0.1) is 11.6 Å². The minimum atomic E-state index is 0.679. The Morgan fingerprint density at radius 3 is 3.07 bits per heavy atom. The Labute approximate surface area is 88.9 Å². The lowest BCUT2D eigenvalue weighted by molar-refractivity contribution is 0.844.